The number of carbonyl (C=O) groups excluding carboxylic acids is 1. The van der Waals surface area contributed by atoms with Crippen LogP contribution in [0.5, 0.6) is 5.75 Å². The molecule has 0 unspecified atom stereocenters. The summed E-state index contributed by atoms with van der Waals surface area (Å²) in [6.07, 6.45) is 3.48. The molecule has 0 spiro atoms. The molecule has 2 N–H and O–H groups in total. The number of aromatic nitrogens is 2. The smallest absolute Gasteiger partial charge is 0.274 e. The summed E-state index contributed by atoms with van der Waals surface area (Å²) in [6.45, 7) is 3.40. The number of ether oxygens (including phenoxy) is 1. The van der Waals surface area contributed by atoms with Crippen LogP contribution in [-0.2, 0) is 0 Å². The van der Waals surface area contributed by atoms with Gasteiger partial charge in [0.25, 0.3) is 5.91 Å². The second-order valence-electron chi connectivity index (χ2n) is 5.95. The molecule has 6 nitrogen and oxygen atoms in total. The molecule has 1 fully saturated rings. The van der Waals surface area contributed by atoms with Crippen LogP contribution in [0.2, 0.25) is 0 Å². The van der Waals surface area contributed by atoms with E-state index in [1.165, 1.54) is 0 Å². The predicted molar refractivity (Wildman–Crippen MR) is 88.0 cm³/mol. The molecule has 1 saturated heterocycles. The highest BCUT2D eigenvalue weighted by molar-refractivity contribution is 5.92. The Morgan fingerprint density at radius 1 is 1.30 bits per heavy atom. The average molecular weight is 314 g/mol. The zero-order valence-corrected chi connectivity index (χ0v) is 13.5. The minimum absolute atomic E-state index is 0.0396. The molecule has 1 aliphatic heterocycles. The van der Waals surface area contributed by atoms with Crippen molar-refractivity contribution in [3.63, 3.8) is 0 Å². The number of carbonyl (C=O) groups is 1. The maximum absolute atomic E-state index is 12.6. The molecule has 1 amide bonds. The van der Waals surface area contributed by atoms with Gasteiger partial charge >= 0.3 is 0 Å². The maximum Gasteiger partial charge on any atom is 0.274 e. The molecular weight excluding hydrogens is 292 g/mol. The van der Waals surface area contributed by atoms with Crippen LogP contribution in [0.25, 0.3) is 5.69 Å². The Bertz CT molecular complexity index is 702. The van der Waals surface area contributed by atoms with Gasteiger partial charge in [-0.05, 0) is 43.5 Å². The summed E-state index contributed by atoms with van der Waals surface area (Å²) >= 11 is 0. The molecule has 0 atom stereocenters. The second kappa shape index (κ2) is 6.42. The summed E-state index contributed by atoms with van der Waals surface area (Å²) in [5, 5.41) is 4.44. The Kier molecular flexibility index (Phi) is 4.34. The number of hydrogen-bond donors (Lipinski definition) is 1. The van der Waals surface area contributed by atoms with Gasteiger partial charge < -0.3 is 15.4 Å². The third-order valence-electron chi connectivity index (χ3n) is 4.22. The SMILES string of the molecule is COc1ccc(C)cc1-n1ccc(C(=O)N2CCC(N)CC2)n1. The number of benzene rings is 1. The largest absolute Gasteiger partial charge is 0.494 e. The van der Waals surface area contributed by atoms with Crippen molar-refractivity contribution in [3.05, 3.63) is 41.7 Å². The molecule has 1 aromatic carbocycles. The molecule has 0 saturated carbocycles. The molecule has 2 aromatic rings. The molecule has 3 rings (SSSR count). The summed E-state index contributed by atoms with van der Waals surface area (Å²) in [5.74, 6) is 0.684. The molecule has 122 valence electrons. The summed E-state index contributed by atoms with van der Waals surface area (Å²) < 4.78 is 7.07. The van der Waals surface area contributed by atoms with Crippen LogP contribution in [0.4, 0.5) is 0 Å². The first-order valence-corrected chi connectivity index (χ1v) is 7.84. The number of aryl methyl sites for hydroxylation is 1. The third-order valence-corrected chi connectivity index (χ3v) is 4.22. The highest BCUT2D eigenvalue weighted by Gasteiger charge is 2.23. The van der Waals surface area contributed by atoms with E-state index in [-0.39, 0.29) is 11.9 Å². The highest BCUT2D eigenvalue weighted by atomic mass is 16.5. The summed E-state index contributed by atoms with van der Waals surface area (Å²) in [4.78, 5) is 14.4. The number of piperidine rings is 1. The van der Waals surface area contributed by atoms with Crippen molar-refractivity contribution < 1.29 is 9.53 Å². The lowest BCUT2D eigenvalue weighted by Gasteiger charge is -2.29. The van der Waals surface area contributed by atoms with Gasteiger partial charge in [-0.1, -0.05) is 6.07 Å². The lowest BCUT2D eigenvalue weighted by atomic mass is 10.1. The molecule has 0 radical (unpaired) electrons. The standard InChI is InChI=1S/C17H22N4O2/c1-12-3-4-16(23-2)15(11-12)21-10-7-14(19-21)17(22)20-8-5-13(18)6-9-20/h3-4,7,10-11,13H,5-6,8-9,18H2,1-2H3. The van der Waals surface area contributed by atoms with Gasteiger partial charge in [0.2, 0.25) is 0 Å². The number of nitrogens with zero attached hydrogens (tertiary/aromatic N) is 3. The fourth-order valence-electron chi connectivity index (χ4n) is 2.82. The Morgan fingerprint density at radius 2 is 2.04 bits per heavy atom. The van der Waals surface area contributed by atoms with E-state index in [9.17, 15) is 4.79 Å². The average Bonchev–Trinajstić information content (AvgIpc) is 3.04. The molecule has 6 heteroatoms. The van der Waals surface area contributed by atoms with Gasteiger partial charge in [-0.2, -0.15) is 5.10 Å². The Hall–Kier alpha value is -2.34. The summed E-state index contributed by atoms with van der Waals surface area (Å²) in [5.41, 5.74) is 8.27. The Morgan fingerprint density at radius 3 is 2.74 bits per heavy atom. The zero-order chi connectivity index (χ0) is 16.4. The number of nitrogens with two attached hydrogens (primary N) is 1. The van der Waals surface area contributed by atoms with E-state index in [2.05, 4.69) is 5.10 Å². The molecule has 2 heterocycles. The topological polar surface area (TPSA) is 73.4 Å². The first-order valence-electron chi connectivity index (χ1n) is 7.84. The van der Waals surface area contributed by atoms with Gasteiger partial charge in [0.15, 0.2) is 5.69 Å². The molecule has 1 aromatic heterocycles. The molecule has 0 bridgehead atoms. The van der Waals surface area contributed by atoms with Gasteiger partial charge in [0.05, 0.1) is 7.11 Å². The maximum atomic E-state index is 12.6. The Labute approximate surface area is 135 Å². The third kappa shape index (κ3) is 3.22. The van der Waals surface area contributed by atoms with E-state index in [1.54, 1.807) is 24.1 Å². The van der Waals surface area contributed by atoms with Crippen molar-refractivity contribution in [2.75, 3.05) is 20.2 Å². The summed E-state index contributed by atoms with van der Waals surface area (Å²) in [6, 6.07) is 7.82. The lowest BCUT2D eigenvalue weighted by molar-refractivity contribution is 0.0708. The van der Waals surface area contributed by atoms with E-state index in [0.29, 0.717) is 18.8 Å². The van der Waals surface area contributed by atoms with Crippen LogP contribution in [-0.4, -0.2) is 46.8 Å². The van der Waals surface area contributed by atoms with Crippen molar-refractivity contribution in [2.45, 2.75) is 25.8 Å². The predicted octanol–water partition coefficient (Wildman–Crippen LogP) is 1.75. The zero-order valence-electron chi connectivity index (χ0n) is 13.5. The van der Waals surface area contributed by atoms with Gasteiger partial charge in [-0.15, -0.1) is 0 Å². The van der Waals surface area contributed by atoms with Gasteiger partial charge in [0, 0.05) is 25.3 Å². The lowest BCUT2D eigenvalue weighted by Crippen LogP contribution is -2.43. The van der Waals surface area contributed by atoms with Crippen LogP contribution in [0, 0.1) is 6.92 Å². The number of rotatable bonds is 3. The first-order chi connectivity index (χ1) is 11.1. The van der Waals surface area contributed by atoms with Crippen molar-refractivity contribution in [1.29, 1.82) is 0 Å². The van der Waals surface area contributed by atoms with E-state index in [0.717, 1.165) is 29.8 Å². The minimum Gasteiger partial charge on any atom is -0.494 e. The van der Waals surface area contributed by atoms with Crippen molar-refractivity contribution in [1.82, 2.24) is 14.7 Å². The monoisotopic (exact) mass is 314 g/mol. The Balaban J connectivity index is 1.83. The van der Waals surface area contributed by atoms with Crippen LogP contribution in [0.3, 0.4) is 0 Å². The fraction of sp³-hybridized carbons (Fsp3) is 0.412. The number of amides is 1. The van der Waals surface area contributed by atoms with E-state index < -0.39 is 0 Å². The van der Waals surface area contributed by atoms with Crippen LogP contribution >= 0.6 is 0 Å². The van der Waals surface area contributed by atoms with Gasteiger partial charge in [-0.3, -0.25) is 4.79 Å². The summed E-state index contributed by atoms with van der Waals surface area (Å²) in [7, 11) is 1.63. The van der Waals surface area contributed by atoms with Gasteiger partial charge in [-0.25, -0.2) is 4.68 Å². The van der Waals surface area contributed by atoms with Crippen LogP contribution < -0.4 is 10.5 Å². The van der Waals surface area contributed by atoms with Crippen molar-refractivity contribution in [2.24, 2.45) is 5.73 Å². The number of likely N-dealkylation sites (tertiary alicyclic amines) is 1. The normalized spacial score (nSPS) is 15.7. The molecule has 1 aliphatic rings. The minimum atomic E-state index is -0.0396. The second-order valence-corrected chi connectivity index (χ2v) is 5.95. The first kappa shape index (κ1) is 15.6. The van der Waals surface area contributed by atoms with E-state index >= 15 is 0 Å². The quantitative estimate of drug-likeness (QED) is 0.937. The fourth-order valence-corrected chi connectivity index (χ4v) is 2.82. The van der Waals surface area contributed by atoms with Crippen molar-refractivity contribution >= 4 is 5.91 Å². The van der Waals surface area contributed by atoms with Crippen molar-refractivity contribution in [3.8, 4) is 11.4 Å². The molecule has 0 aliphatic carbocycles. The number of methoxy groups -OCH3 is 1. The van der Waals surface area contributed by atoms with Crippen LogP contribution in [0.15, 0.2) is 30.5 Å². The molecule has 23 heavy (non-hydrogen) atoms. The van der Waals surface area contributed by atoms with Gasteiger partial charge in [0.1, 0.15) is 11.4 Å². The van der Waals surface area contributed by atoms with E-state index in [4.69, 9.17) is 10.5 Å². The van der Waals surface area contributed by atoms with E-state index in [1.807, 2.05) is 30.0 Å². The number of hydrogen-bond acceptors (Lipinski definition) is 4. The molecular formula is C17H22N4O2. The van der Waals surface area contributed by atoms with Crippen LogP contribution in [0.1, 0.15) is 28.9 Å². The highest BCUT2D eigenvalue weighted by Crippen LogP contribution is 2.23.